The van der Waals surface area contributed by atoms with Gasteiger partial charge in [0.25, 0.3) is 0 Å². The number of rotatable bonds is 1. The van der Waals surface area contributed by atoms with E-state index in [0.717, 1.165) is 11.4 Å². The first-order valence-corrected chi connectivity index (χ1v) is 4.12. The molecule has 13 heavy (non-hydrogen) atoms. The van der Waals surface area contributed by atoms with Crippen LogP contribution in [0.5, 0.6) is 0 Å². The summed E-state index contributed by atoms with van der Waals surface area (Å²) in [6, 6.07) is 0. The summed E-state index contributed by atoms with van der Waals surface area (Å²) in [7, 11) is 0. The van der Waals surface area contributed by atoms with Crippen LogP contribution in [0.2, 0.25) is 5.28 Å². The fraction of sp³-hybridized carbons (Fsp3) is 0.125. The molecule has 0 aliphatic heterocycles. The molecule has 0 aliphatic rings. The van der Waals surface area contributed by atoms with Crippen molar-refractivity contribution in [3.05, 3.63) is 35.8 Å². The standard InChI is InChI=1S/C8H7ClN4/c1-6-4-11-8(9)12-7(6)13-3-2-10-5-13/h2-5H,1H3. The second-order valence-electron chi connectivity index (χ2n) is 2.62. The molecule has 2 aromatic heterocycles. The Labute approximate surface area is 80.2 Å². The third-order valence-electron chi connectivity index (χ3n) is 1.66. The molecule has 0 spiro atoms. The van der Waals surface area contributed by atoms with Gasteiger partial charge in [-0.25, -0.2) is 9.97 Å². The van der Waals surface area contributed by atoms with E-state index in [-0.39, 0.29) is 5.28 Å². The molecule has 66 valence electrons. The van der Waals surface area contributed by atoms with Crippen LogP contribution in [-0.2, 0) is 0 Å². The number of halogens is 1. The zero-order valence-corrected chi connectivity index (χ0v) is 7.73. The molecule has 0 saturated heterocycles. The van der Waals surface area contributed by atoms with Crippen molar-refractivity contribution in [2.75, 3.05) is 0 Å². The van der Waals surface area contributed by atoms with Gasteiger partial charge in [0.1, 0.15) is 12.1 Å². The maximum atomic E-state index is 5.68. The molecule has 0 N–H and O–H groups in total. The second-order valence-corrected chi connectivity index (χ2v) is 2.95. The molecular weight excluding hydrogens is 188 g/mol. The lowest BCUT2D eigenvalue weighted by molar-refractivity contribution is 0.950. The van der Waals surface area contributed by atoms with Crippen molar-refractivity contribution >= 4 is 11.6 Å². The minimum atomic E-state index is 0.245. The van der Waals surface area contributed by atoms with Crippen molar-refractivity contribution in [2.45, 2.75) is 6.92 Å². The van der Waals surface area contributed by atoms with Crippen LogP contribution >= 0.6 is 11.6 Å². The SMILES string of the molecule is Cc1cnc(Cl)nc1-n1ccnc1. The van der Waals surface area contributed by atoms with Gasteiger partial charge in [0.05, 0.1) is 0 Å². The third kappa shape index (κ3) is 1.53. The number of nitrogens with zero attached hydrogens (tertiary/aromatic N) is 4. The van der Waals surface area contributed by atoms with E-state index in [1.807, 2.05) is 13.1 Å². The minimum Gasteiger partial charge on any atom is -0.290 e. The fourth-order valence-electron chi connectivity index (χ4n) is 1.06. The molecule has 0 aromatic carbocycles. The highest BCUT2D eigenvalue weighted by Gasteiger charge is 2.03. The molecular formula is C8H7ClN4. The van der Waals surface area contributed by atoms with Crippen LogP contribution in [0.4, 0.5) is 0 Å². The lowest BCUT2D eigenvalue weighted by atomic mass is 10.3. The Bertz CT molecular complexity index is 410. The molecule has 0 bridgehead atoms. The Balaban J connectivity index is 2.57. The lowest BCUT2D eigenvalue weighted by Crippen LogP contribution is -1.99. The number of hydrogen-bond donors (Lipinski definition) is 0. The van der Waals surface area contributed by atoms with Gasteiger partial charge < -0.3 is 0 Å². The van der Waals surface area contributed by atoms with Crippen LogP contribution in [0.3, 0.4) is 0 Å². The van der Waals surface area contributed by atoms with Crippen molar-refractivity contribution in [2.24, 2.45) is 0 Å². The predicted molar refractivity (Wildman–Crippen MR) is 48.9 cm³/mol. The molecule has 0 amide bonds. The average Bonchev–Trinajstić information content (AvgIpc) is 2.61. The minimum absolute atomic E-state index is 0.245. The molecule has 0 fully saturated rings. The van der Waals surface area contributed by atoms with Crippen LogP contribution in [0.25, 0.3) is 5.82 Å². The van der Waals surface area contributed by atoms with Crippen LogP contribution in [-0.4, -0.2) is 19.5 Å². The van der Waals surface area contributed by atoms with Gasteiger partial charge >= 0.3 is 0 Å². The van der Waals surface area contributed by atoms with Crippen LogP contribution < -0.4 is 0 Å². The highest BCUT2D eigenvalue weighted by atomic mass is 35.5. The van der Waals surface area contributed by atoms with Crippen LogP contribution in [0.15, 0.2) is 24.9 Å². The van der Waals surface area contributed by atoms with Crippen molar-refractivity contribution in [1.29, 1.82) is 0 Å². The molecule has 2 aromatic rings. The molecule has 2 heterocycles. The van der Waals surface area contributed by atoms with Gasteiger partial charge in [-0.2, -0.15) is 4.98 Å². The molecule has 0 atom stereocenters. The van der Waals surface area contributed by atoms with Crippen molar-refractivity contribution in [3.8, 4) is 5.82 Å². The highest BCUT2D eigenvalue weighted by molar-refractivity contribution is 6.28. The Morgan fingerprint density at radius 1 is 1.46 bits per heavy atom. The molecule has 0 saturated carbocycles. The fourth-order valence-corrected chi connectivity index (χ4v) is 1.19. The summed E-state index contributed by atoms with van der Waals surface area (Å²) in [5.41, 5.74) is 0.961. The largest absolute Gasteiger partial charge is 0.290 e. The van der Waals surface area contributed by atoms with Gasteiger partial charge in [0.15, 0.2) is 0 Å². The predicted octanol–water partition coefficient (Wildman–Crippen LogP) is 1.62. The number of hydrogen-bond acceptors (Lipinski definition) is 3. The quantitative estimate of drug-likeness (QED) is 0.648. The van der Waals surface area contributed by atoms with Crippen molar-refractivity contribution in [1.82, 2.24) is 19.5 Å². The maximum absolute atomic E-state index is 5.68. The monoisotopic (exact) mass is 194 g/mol. The average molecular weight is 195 g/mol. The summed E-state index contributed by atoms with van der Waals surface area (Å²) in [5, 5.41) is 0.245. The van der Waals surface area contributed by atoms with Gasteiger partial charge in [-0.05, 0) is 18.5 Å². The van der Waals surface area contributed by atoms with E-state index in [2.05, 4.69) is 15.0 Å². The molecule has 0 aliphatic carbocycles. The molecule has 4 nitrogen and oxygen atoms in total. The van der Waals surface area contributed by atoms with Gasteiger partial charge in [-0.15, -0.1) is 0 Å². The lowest BCUT2D eigenvalue weighted by Gasteiger charge is -2.03. The summed E-state index contributed by atoms with van der Waals surface area (Å²) in [4.78, 5) is 11.9. The summed E-state index contributed by atoms with van der Waals surface area (Å²) < 4.78 is 1.79. The Morgan fingerprint density at radius 3 is 3.00 bits per heavy atom. The summed E-state index contributed by atoms with van der Waals surface area (Å²) in [6.45, 7) is 1.92. The van der Waals surface area contributed by atoms with Gasteiger partial charge in [-0.3, -0.25) is 4.57 Å². The number of aryl methyl sites for hydroxylation is 1. The van der Waals surface area contributed by atoms with E-state index >= 15 is 0 Å². The molecule has 2 rings (SSSR count). The zero-order valence-electron chi connectivity index (χ0n) is 6.98. The first-order valence-electron chi connectivity index (χ1n) is 3.75. The zero-order chi connectivity index (χ0) is 9.26. The third-order valence-corrected chi connectivity index (χ3v) is 1.85. The normalized spacial score (nSPS) is 10.3. The maximum Gasteiger partial charge on any atom is 0.224 e. The summed E-state index contributed by atoms with van der Waals surface area (Å²) in [5.74, 6) is 0.762. The highest BCUT2D eigenvalue weighted by Crippen LogP contribution is 2.11. The Morgan fingerprint density at radius 2 is 2.31 bits per heavy atom. The van der Waals surface area contributed by atoms with E-state index in [9.17, 15) is 0 Å². The van der Waals surface area contributed by atoms with E-state index in [1.54, 1.807) is 23.3 Å². The number of aromatic nitrogens is 4. The summed E-state index contributed by atoms with van der Waals surface area (Å²) in [6.07, 6.45) is 6.86. The molecule has 0 unspecified atom stereocenters. The Kier molecular flexibility index (Phi) is 1.98. The van der Waals surface area contributed by atoms with Crippen molar-refractivity contribution < 1.29 is 0 Å². The molecule has 5 heteroatoms. The van der Waals surface area contributed by atoms with E-state index in [4.69, 9.17) is 11.6 Å². The first-order chi connectivity index (χ1) is 6.27. The van der Waals surface area contributed by atoms with Gasteiger partial charge in [0, 0.05) is 24.2 Å². The smallest absolute Gasteiger partial charge is 0.224 e. The van der Waals surface area contributed by atoms with Crippen molar-refractivity contribution in [3.63, 3.8) is 0 Å². The van der Waals surface area contributed by atoms with E-state index in [1.165, 1.54) is 0 Å². The van der Waals surface area contributed by atoms with Gasteiger partial charge in [-0.1, -0.05) is 0 Å². The number of imidazole rings is 1. The van der Waals surface area contributed by atoms with E-state index < -0.39 is 0 Å². The molecule has 0 radical (unpaired) electrons. The van der Waals surface area contributed by atoms with Crippen LogP contribution in [0.1, 0.15) is 5.56 Å². The Hall–Kier alpha value is -1.42. The first kappa shape index (κ1) is 8.19. The van der Waals surface area contributed by atoms with E-state index in [0.29, 0.717) is 0 Å². The summed E-state index contributed by atoms with van der Waals surface area (Å²) >= 11 is 5.68. The topological polar surface area (TPSA) is 43.6 Å². The second kappa shape index (κ2) is 3.14. The van der Waals surface area contributed by atoms with Crippen LogP contribution in [0, 0.1) is 6.92 Å². The van der Waals surface area contributed by atoms with Gasteiger partial charge in [0.2, 0.25) is 5.28 Å².